The first-order valence-electron chi connectivity index (χ1n) is 10.8. The molecule has 1 aliphatic heterocycles. The Labute approximate surface area is 197 Å². The van der Waals surface area contributed by atoms with E-state index in [0.29, 0.717) is 33.5 Å². The van der Waals surface area contributed by atoms with Crippen molar-refractivity contribution >= 4 is 40.8 Å². The van der Waals surface area contributed by atoms with Crippen molar-refractivity contribution in [2.45, 2.75) is 19.3 Å². The molecule has 0 spiro atoms. The van der Waals surface area contributed by atoms with Crippen molar-refractivity contribution in [1.82, 2.24) is 9.88 Å². The molecule has 0 unspecified atom stereocenters. The third kappa shape index (κ3) is 5.56. The lowest BCUT2D eigenvalue weighted by Crippen LogP contribution is -2.35. The Morgan fingerprint density at radius 3 is 2.24 bits per heavy atom. The fourth-order valence-corrected chi connectivity index (χ4v) is 3.81. The van der Waals surface area contributed by atoms with Gasteiger partial charge in [-0.1, -0.05) is 35.9 Å². The van der Waals surface area contributed by atoms with Gasteiger partial charge in [0, 0.05) is 30.4 Å². The first-order valence-corrected chi connectivity index (χ1v) is 11.2. The SMILES string of the molecule is N=C(c1ccc(C(=O)Nc2ccccc2C(=O)Nc2ccc(Cl)cn2)cc1)N1CCCCC1. The Bertz CT molecular complexity index is 1160. The number of aromatic nitrogens is 1. The maximum Gasteiger partial charge on any atom is 0.258 e. The summed E-state index contributed by atoms with van der Waals surface area (Å²) in [7, 11) is 0. The van der Waals surface area contributed by atoms with Gasteiger partial charge in [0.2, 0.25) is 0 Å². The molecule has 2 amide bonds. The van der Waals surface area contributed by atoms with Crippen LogP contribution in [0.25, 0.3) is 0 Å². The predicted octanol–water partition coefficient (Wildman–Crippen LogP) is 5.05. The Balaban J connectivity index is 1.44. The molecular formula is C25H24ClN5O2. The first-order chi connectivity index (χ1) is 16.0. The van der Waals surface area contributed by atoms with Crippen molar-refractivity contribution in [1.29, 1.82) is 5.41 Å². The third-order valence-corrected chi connectivity index (χ3v) is 5.71. The standard InChI is InChI=1S/C25H24ClN5O2/c26-19-12-13-22(28-16-19)30-25(33)20-6-2-3-7-21(20)29-24(32)18-10-8-17(9-11-18)23(27)31-14-4-1-5-15-31/h2-3,6-13,16,27H,1,4-5,14-15H2,(H,29,32)(H,28,30,33). The number of nitrogens with one attached hydrogen (secondary N) is 3. The number of piperidine rings is 1. The number of amides is 2. The number of carbonyl (C=O) groups excluding carboxylic acids is 2. The molecule has 4 rings (SSSR count). The molecule has 2 heterocycles. The molecule has 0 radical (unpaired) electrons. The smallest absolute Gasteiger partial charge is 0.258 e. The molecule has 1 saturated heterocycles. The van der Waals surface area contributed by atoms with Gasteiger partial charge in [-0.3, -0.25) is 15.0 Å². The zero-order valence-corrected chi connectivity index (χ0v) is 18.7. The molecule has 1 fully saturated rings. The largest absolute Gasteiger partial charge is 0.357 e. The van der Waals surface area contributed by atoms with Crippen molar-refractivity contribution in [2.24, 2.45) is 0 Å². The van der Waals surface area contributed by atoms with Crippen LogP contribution in [-0.2, 0) is 0 Å². The van der Waals surface area contributed by atoms with Gasteiger partial charge >= 0.3 is 0 Å². The summed E-state index contributed by atoms with van der Waals surface area (Å²) in [5, 5.41) is 14.4. The van der Waals surface area contributed by atoms with Crippen molar-refractivity contribution in [3.05, 3.63) is 88.6 Å². The second kappa shape index (κ2) is 10.3. The van der Waals surface area contributed by atoms with Crippen LogP contribution in [0, 0.1) is 5.41 Å². The highest BCUT2D eigenvalue weighted by Crippen LogP contribution is 2.19. The van der Waals surface area contributed by atoms with Gasteiger partial charge in [0.25, 0.3) is 11.8 Å². The van der Waals surface area contributed by atoms with E-state index in [4.69, 9.17) is 17.0 Å². The van der Waals surface area contributed by atoms with Crippen LogP contribution < -0.4 is 10.6 Å². The molecule has 7 nitrogen and oxygen atoms in total. The lowest BCUT2D eigenvalue weighted by molar-refractivity contribution is 0.102. The second-order valence-electron chi connectivity index (χ2n) is 7.79. The highest BCUT2D eigenvalue weighted by Gasteiger charge is 2.17. The van der Waals surface area contributed by atoms with E-state index in [0.717, 1.165) is 31.5 Å². The molecule has 168 valence electrons. The zero-order valence-electron chi connectivity index (χ0n) is 18.0. The molecule has 0 atom stereocenters. The average Bonchev–Trinajstić information content (AvgIpc) is 2.86. The number of carbonyl (C=O) groups is 2. The van der Waals surface area contributed by atoms with E-state index in [1.54, 1.807) is 60.7 Å². The van der Waals surface area contributed by atoms with Crippen LogP contribution in [0.15, 0.2) is 66.9 Å². The summed E-state index contributed by atoms with van der Waals surface area (Å²) in [4.78, 5) is 31.7. The molecule has 0 bridgehead atoms. The van der Waals surface area contributed by atoms with Crippen LogP contribution in [0.3, 0.4) is 0 Å². The monoisotopic (exact) mass is 461 g/mol. The number of nitrogens with zero attached hydrogens (tertiary/aromatic N) is 2. The van der Waals surface area contributed by atoms with Gasteiger partial charge in [-0.2, -0.15) is 0 Å². The molecule has 0 saturated carbocycles. The summed E-state index contributed by atoms with van der Waals surface area (Å²) in [5.74, 6) is 0.110. The molecule has 2 aromatic carbocycles. The van der Waals surface area contributed by atoms with Crippen LogP contribution in [-0.4, -0.2) is 40.6 Å². The van der Waals surface area contributed by atoms with Gasteiger partial charge in [0.15, 0.2) is 0 Å². The van der Waals surface area contributed by atoms with E-state index in [-0.39, 0.29) is 5.91 Å². The molecule has 0 aliphatic carbocycles. The fraction of sp³-hybridized carbons (Fsp3) is 0.200. The Morgan fingerprint density at radius 2 is 1.55 bits per heavy atom. The van der Waals surface area contributed by atoms with Crippen LogP contribution >= 0.6 is 11.6 Å². The molecule has 3 N–H and O–H groups in total. The van der Waals surface area contributed by atoms with Gasteiger partial charge in [0.05, 0.1) is 16.3 Å². The number of hydrogen-bond donors (Lipinski definition) is 3. The number of anilines is 2. The Hall–Kier alpha value is -3.71. The van der Waals surface area contributed by atoms with Crippen LogP contribution in [0.4, 0.5) is 11.5 Å². The van der Waals surface area contributed by atoms with E-state index in [1.165, 1.54) is 12.6 Å². The summed E-state index contributed by atoms with van der Waals surface area (Å²) in [6.07, 6.45) is 4.85. The van der Waals surface area contributed by atoms with Crippen molar-refractivity contribution in [2.75, 3.05) is 23.7 Å². The summed E-state index contributed by atoms with van der Waals surface area (Å²) >= 11 is 5.84. The van der Waals surface area contributed by atoms with Gasteiger partial charge in [-0.15, -0.1) is 0 Å². The molecule has 8 heteroatoms. The highest BCUT2D eigenvalue weighted by molar-refractivity contribution is 6.30. The van der Waals surface area contributed by atoms with E-state index < -0.39 is 5.91 Å². The van der Waals surface area contributed by atoms with E-state index >= 15 is 0 Å². The van der Waals surface area contributed by atoms with E-state index in [1.807, 2.05) is 0 Å². The minimum Gasteiger partial charge on any atom is -0.357 e. The van der Waals surface area contributed by atoms with Crippen LogP contribution in [0.5, 0.6) is 0 Å². The number of pyridine rings is 1. The number of hydrogen-bond acceptors (Lipinski definition) is 4. The normalized spacial score (nSPS) is 13.3. The zero-order chi connectivity index (χ0) is 23.2. The summed E-state index contributed by atoms with van der Waals surface area (Å²) < 4.78 is 0. The lowest BCUT2D eigenvalue weighted by atomic mass is 10.1. The van der Waals surface area contributed by atoms with Gasteiger partial charge < -0.3 is 15.5 Å². The lowest BCUT2D eigenvalue weighted by Gasteiger charge is -2.29. The van der Waals surface area contributed by atoms with Crippen LogP contribution in [0.1, 0.15) is 45.5 Å². The maximum atomic E-state index is 12.8. The van der Waals surface area contributed by atoms with Gasteiger partial charge in [-0.25, -0.2) is 4.98 Å². The molecule has 1 aliphatic rings. The number of halogens is 1. The third-order valence-electron chi connectivity index (χ3n) is 5.48. The molecule has 33 heavy (non-hydrogen) atoms. The van der Waals surface area contributed by atoms with Crippen molar-refractivity contribution in [3.8, 4) is 0 Å². The number of amidine groups is 1. The fourth-order valence-electron chi connectivity index (χ4n) is 3.70. The van der Waals surface area contributed by atoms with E-state index in [2.05, 4.69) is 20.5 Å². The van der Waals surface area contributed by atoms with Crippen LogP contribution in [0.2, 0.25) is 5.02 Å². The first kappa shape index (κ1) is 22.5. The number of rotatable bonds is 5. The number of likely N-dealkylation sites (tertiary alicyclic amines) is 1. The number of para-hydroxylation sites is 1. The highest BCUT2D eigenvalue weighted by atomic mass is 35.5. The molecule has 3 aromatic rings. The minimum atomic E-state index is -0.397. The summed E-state index contributed by atoms with van der Waals surface area (Å²) in [6, 6.07) is 17.0. The van der Waals surface area contributed by atoms with Gasteiger partial charge in [0.1, 0.15) is 11.7 Å². The Kier molecular flexibility index (Phi) is 7.00. The van der Waals surface area contributed by atoms with Gasteiger partial charge in [-0.05, 0) is 55.7 Å². The quantitative estimate of drug-likeness (QED) is 0.365. The maximum absolute atomic E-state index is 12.8. The molecule has 1 aromatic heterocycles. The number of benzene rings is 2. The average molecular weight is 462 g/mol. The van der Waals surface area contributed by atoms with Crippen molar-refractivity contribution < 1.29 is 9.59 Å². The summed E-state index contributed by atoms with van der Waals surface area (Å²) in [5.41, 5.74) is 1.92. The molecular weight excluding hydrogens is 438 g/mol. The minimum absolute atomic E-state index is 0.311. The predicted molar refractivity (Wildman–Crippen MR) is 130 cm³/mol. The topological polar surface area (TPSA) is 98.2 Å². The second-order valence-corrected chi connectivity index (χ2v) is 8.23. The van der Waals surface area contributed by atoms with E-state index in [9.17, 15) is 9.59 Å². The van der Waals surface area contributed by atoms with Crippen molar-refractivity contribution in [3.63, 3.8) is 0 Å². The summed E-state index contributed by atoms with van der Waals surface area (Å²) in [6.45, 7) is 1.79. The Morgan fingerprint density at radius 1 is 0.848 bits per heavy atom.